The second-order valence-electron chi connectivity index (χ2n) is 3.50. The lowest BCUT2D eigenvalue weighted by molar-refractivity contribution is -0.144. The lowest BCUT2D eigenvalue weighted by Crippen LogP contribution is -2.43. The van der Waals surface area contributed by atoms with Crippen LogP contribution in [0.3, 0.4) is 0 Å². The third-order valence-electron chi connectivity index (χ3n) is 2.37. The first-order valence-corrected chi connectivity index (χ1v) is 4.92. The summed E-state index contributed by atoms with van der Waals surface area (Å²) < 4.78 is 36.6. The van der Waals surface area contributed by atoms with E-state index < -0.39 is 12.0 Å². The van der Waals surface area contributed by atoms with Crippen molar-refractivity contribution >= 4 is 18.1 Å². The molecule has 4 nitrogen and oxygen atoms in total. The number of hydrogen-bond donors (Lipinski definition) is 1. The van der Waals surface area contributed by atoms with Gasteiger partial charge in [-0.1, -0.05) is 0 Å². The molecule has 8 heteroatoms. The smallest absolute Gasteiger partial charge is 0.366 e. The number of aromatic nitrogens is 2. The molecule has 0 spiro atoms. The highest BCUT2D eigenvalue weighted by Gasteiger charge is 2.34. The molecule has 2 rings (SSSR count). The highest BCUT2D eigenvalue weighted by Crippen LogP contribution is 2.26. The van der Waals surface area contributed by atoms with Gasteiger partial charge in [-0.3, -0.25) is 0 Å². The second kappa shape index (κ2) is 5.50. The number of halogens is 4. The van der Waals surface area contributed by atoms with Gasteiger partial charge in [-0.2, -0.15) is 13.2 Å². The van der Waals surface area contributed by atoms with E-state index in [-0.39, 0.29) is 12.4 Å². The van der Waals surface area contributed by atoms with Gasteiger partial charge in [0.15, 0.2) is 0 Å². The van der Waals surface area contributed by atoms with Gasteiger partial charge in [-0.25, -0.2) is 9.97 Å². The van der Waals surface area contributed by atoms with Gasteiger partial charge in [0.2, 0.25) is 5.82 Å². The van der Waals surface area contributed by atoms with Crippen LogP contribution in [-0.2, 0) is 6.18 Å². The topological polar surface area (TPSA) is 41.1 Å². The molecule has 1 aliphatic rings. The van der Waals surface area contributed by atoms with E-state index in [0.29, 0.717) is 5.69 Å². The predicted molar refractivity (Wildman–Crippen MR) is 59.4 cm³/mol. The third-order valence-corrected chi connectivity index (χ3v) is 2.37. The molecular weight excluding hydrogens is 257 g/mol. The fourth-order valence-corrected chi connectivity index (χ4v) is 1.55. The molecule has 0 saturated carbocycles. The molecule has 17 heavy (non-hydrogen) atoms. The van der Waals surface area contributed by atoms with E-state index in [0.717, 1.165) is 26.2 Å². The standard InChI is InChI=1S/C9H11F3N4.ClH/c10-9(11,12)8-14-5-7(6-15-8)16-3-1-13-2-4-16;/h5-6,13H,1-4H2;1H. The Morgan fingerprint density at radius 2 is 1.65 bits per heavy atom. The minimum Gasteiger partial charge on any atom is -0.366 e. The minimum atomic E-state index is -4.47. The van der Waals surface area contributed by atoms with Crippen molar-refractivity contribution in [1.29, 1.82) is 0 Å². The van der Waals surface area contributed by atoms with Gasteiger partial charge in [0, 0.05) is 26.2 Å². The molecule has 0 bridgehead atoms. The van der Waals surface area contributed by atoms with Crippen molar-refractivity contribution in [1.82, 2.24) is 15.3 Å². The van der Waals surface area contributed by atoms with Crippen molar-refractivity contribution in [2.75, 3.05) is 31.1 Å². The van der Waals surface area contributed by atoms with Crippen LogP contribution in [-0.4, -0.2) is 36.1 Å². The fraction of sp³-hybridized carbons (Fsp3) is 0.556. The van der Waals surface area contributed by atoms with E-state index >= 15 is 0 Å². The first-order chi connectivity index (χ1) is 7.57. The Kier molecular flexibility index (Phi) is 4.53. The van der Waals surface area contributed by atoms with Crippen LogP contribution in [0.1, 0.15) is 5.82 Å². The van der Waals surface area contributed by atoms with E-state index in [1.165, 1.54) is 12.4 Å². The molecule has 0 amide bonds. The second-order valence-corrected chi connectivity index (χ2v) is 3.50. The average Bonchev–Trinajstić information content (AvgIpc) is 2.29. The highest BCUT2D eigenvalue weighted by atomic mass is 35.5. The molecule has 1 aliphatic heterocycles. The summed E-state index contributed by atoms with van der Waals surface area (Å²) in [5.41, 5.74) is 0.634. The lowest BCUT2D eigenvalue weighted by atomic mass is 10.3. The highest BCUT2D eigenvalue weighted by molar-refractivity contribution is 5.85. The van der Waals surface area contributed by atoms with Gasteiger partial charge in [-0.05, 0) is 0 Å². The number of anilines is 1. The summed E-state index contributed by atoms with van der Waals surface area (Å²) in [6.07, 6.45) is -2.02. The molecule has 1 aromatic heterocycles. The number of nitrogens with zero attached hydrogens (tertiary/aromatic N) is 3. The number of rotatable bonds is 1. The normalized spacial score (nSPS) is 16.5. The SMILES string of the molecule is Cl.FC(F)(F)c1ncc(N2CCNCC2)cn1. The van der Waals surface area contributed by atoms with Gasteiger partial charge in [-0.15, -0.1) is 12.4 Å². The fourth-order valence-electron chi connectivity index (χ4n) is 1.55. The zero-order valence-corrected chi connectivity index (χ0v) is 9.68. The van der Waals surface area contributed by atoms with E-state index in [9.17, 15) is 13.2 Å². The Hall–Kier alpha value is -1.08. The van der Waals surface area contributed by atoms with Crippen LogP contribution in [0, 0.1) is 0 Å². The number of piperazine rings is 1. The Balaban J connectivity index is 0.00000144. The van der Waals surface area contributed by atoms with Crippen LogP contribution < -0.4 is 10.2 Å². The molecule has 2 heterocycles. The first kappa shape index (κ1) is 14.0. The number of alkyl halides is 3. The molecule has 1 fully saturated rings. The van der Waals surface area contributed by atoms with E-state index in [2.05, 4.69) is 15.3 Å². The van der Waals surface area contributed by atoms with Gasteiger partial charge < -0.3 is 10.2 Å². The van der Waals surface area contributed by atoms with Crippen molar-refractivity contribution in [2.45, 2.75) is 6.18 Å². The maximum absolute atomic E-state index is 12.2. The quantitative estimate of drug-likeness (QED) is 0.834. The van der Waals surface area contributed by atoms with Crippen molar-refractivity contribution in [3.05, 3.63) is 18.2 Å². The Morgan fingerprint density at radius 3 is 2.12 bits per heavy atom. The van der Waals surface area contributed by atoms with Crippen LogP contribution in [0.2, 0.25) is 0 Å². The largest absolute Gasteiger partial charge is 0.451 e. The maximum Gasteiger partial charge on any atom is 0.451 e. The summed E-state index contributed by atoms with van der Waals surface area (Å²) in [7, 11) is 0. The maximum atomic E-state index is 12.2. The summed E-state index contributed by atoms with van der Waals surface area (Å²) in [5.74, 6) is -1.09. The zero-order chi connectivity index (χ0) is 11.6. The molecule has 1 saturated heterocycles. The first-order valence-electron chi connectivity index (χ1n) is 4.92. The van der Waals surface area contributed by atoms with Crippen LogP contribution in [0.4, 0.5) is 18.9 Å². The van der Waals surface area contributed by atoms with Gasteiger partial charge in [0.1, 0.15) is 0 Å². The summed E-state index contributed by atoms with van der Waals surface area (Å²) in [6, 6.07) is 0. The Labute approximate surface area is 103 Å². The van der Waals surface area contributed by atoms with Crippen LogP contribution >= 0.6 is 12.4 Å². The average molecular weight is 269 g/mol. The molecule has 0 radical (unpaired) electrons. The van der Waals surface area contributed by atoms with Crippen molar-refractivity contribution in [2.24, 2.45) is 0 Å². The summed E-state index contributed by atoms with van der Waals surface area (Å²) >= 11 is 0. The molecule has 1 aromatic rings. The molecule has 0 atom stereocenters. The lowest BCUT2D eigenvalue weighted by Gasteiger charge is -2.28. The van der Waals surface area contributed by atoms with Crippen molar-refractivity contribution in [3.63, 3.8) is 0 Å². The molecule has 96 valence electrons. The monoisotopic (exact) mass is 268 g/mol. The number of nitrogens with one attached hydrogen (secondary N) is 1. The Bertz CT molecular complexity index is 348. The van der Waals surface area contributed by atoms with E-state index in [1.54, 1.807) is 0 Å². The van der Waals surface area contributed by atoms with Crippen LogP contribution in [0.15, 0.2) is 12.4 Å². The van der Waals surface area contributed by atoms with Crippen LogP contribution in [0.25, 0.3) is 0 Å². The zero-order valence-electron chi connectivity index (χ0n) is 8.87. The third kappa shape index (κ3) is 3.44. The van der Waals surface area contributed by atoms with Gasteiger partial charge in [0.25, 0.3) is 0 Å². The van der Waals surface area contributed by atoms with E-state index in [1.807, 2.05) is 4.90 Å². The molecule has 0 aromatic carbocycles. The van der Waals surface area contributed by atoms with Gasteiger partial charge in [0.05, 0.1) is 18.1 Å². The van der Waals surface area contributed by atoms with Crippen molar-refractivity contribution in [3.8, 4) is 0 Å². The summed E-state index contributed by atoms with van der Waals surface area (Å²) in [5, 5.41) is 3.16. The van der Waals surface area contributed by atoms with E-state index in [4.69, 9.17) is 0 Å². The molecule has 0 aliphatic carbocycles. The molecule has 1 N–H and O–H groups in total. The molecular formula is C9H12ClF3N4. The van der Waals surface area contributed by atoms with Crippen LogP contribution in [0.5, 0.6) is 0 Å². The summed E-state index contributed by atoms with van der Waals surface area (Å²) in [4.78, 5) is 8.61. The predicted octanol–water partition coefficient (Wildman–Crippen LogP) is 1.33. The summed E-state index contributed by atoms with van der Waals surface area (Å²) in [6.45, 7) is 3.16. The number of hydrogen-bond acceptors (Lipinski definition) is 4. The van der Waals surface area contributed by atoms with Crippen molar-refractivity contribution < 1.29 is 13.2 Å². The Morgan fingerprint density at radius 1 is 1.12 bits per heavy atom. The van der Waals surface area contributed by atoms with Gasteiger partial charge >= 0.3 is 6.18 Å². The molecule has 0 unspecified atom stereocenters. The minimum absolute atomic E-state index is 0.